The van der Waals surface area contributed by atoms with Crippen LogP contribution in [0.4, 0.5) is 0 Å². The van der Waals surface area contributed by atoms with Crippen molar-refractivity contribution < 1.29 is 4.79 Å². The molecule has 1 N–H and O–H groups in total. The Bertz CT molecular complexity index is 905. The maximum atomic E-state index is 12.6. The number of thioether (sulfide) groups is 1. The van der Waals surface area contributed by atoms with Gasteiger partial charge in [-0.15, -0.1) is 11.8 Å². The second-order valence-corrected chi connectivity index (χ2v) is 8.27. The fourth-order valence-electron chi connectivity index (χ4n) is 2.91. The van der Waals surface area contributed by atoms with Crippen LogP contribution in [-0.4, -0.2) is 5.91 Å². The predicted octanol–water partition coefficient (Wildman–Crippen LogP) is 6.82. The fraction of sp³-hybridized carbons (Fsp3) is 0.208. The zero-order valence-corrected chi connectivity index (χ0v) is 17.7. The fourth-order valence-corrected chi connectivity index (χ4v) is 3.89. The van der Waals surface area contributed by atoms with Crippen LogP contribution in [0.15, 0.2) is 77.7 Å². The molecule has 28 heavy (non-hydrogen) atoms. The largest absolute Gasteiger partial charge is 0.345 e. The second-order valence-electron chi connectivity index (χ2n) is 6.78. The van der Waals surface area contributed by atoms with Crippen molar-refractivity contribution in [3.63, 3.8) is 0 Å². The molecule has 0 unspecified atom stereocenters. The van der Waals surface area contributed by atoms with Gasteiger partial charge in [0.1, 0.15) is 0 Å². The number of carbonyl (C=O) groups excluding carboxylic acids is 1. The summed E-state index contributed by atoms with van der Waals surface area (Å²) < 4.78 is 0. The predicted molar refractivity (Wildman–Crippen MR) is 119 cm³/mol. The van der Waals surface area contributed by atoms with Gasteiger partial charge in [-0.1, -0.05) is 60.5 Å². The Morgan fingerprint density at radius 3 is 2.21 bits per heavy atom. The van der Waals surface area contributed by atoms with Crippen LogP contribution in [0.2, 0.25) is 5.02 Å². The van der Waals surface area contributed by atoms with Crippen molar-refractivity contribution in [3.8, 4) is 0 Å². The molecule has 0 fully saturated rings. The van der Waals surface area contributed by atoms with Crippen LogP contribution < -0.4 is 5.32 Å². The second kappa shape index (κ2) is 9.81. The summed E-state index contributed by atoms with van der Waals surface area (Å²) in [7, 11) is 0. The molecule has 0 aliphatic rings. The first-order valence-corrected chi connectivity index (χ1v) is 10.8. The van der Waals surface area contributed by atoms with E-state index in [9.17, 15) is 4.79 Å². The van der Waals surface area contributed by atoms with Crippen LogP contribution in [-0.2, 0) is 5.75 Å². The van der Waals surface area contributed by atoms with E-state index in [4.69, 9.17) is 11.6 Å². The Morgan fingerprint density at radius 1 is 0.964 bits per heavy atom. The number of amides is 1. The van der Waals surface area contributed by atoms with Gasteiger partial charge in [0.2, 0.25) is 0 Å². The molecule has 144 valence electrons. The van der Waals surface area contributed by atoms with E-state index in [1.807, 2.05) is 48.5 Å². The number of hydrogen-bond donors (Lipinski definition) is 1. The Kier molecular flexibility index (Phi) is 7.18. The SMILES string of the molecule is CC[C@H](NC(=O)c1ccc(CSc2ccc(Cl)cc2)cc1)c1ccc(C)cc1. The quantitative estimate of drug-likeness (QED) is 0.433. The number of rotatable bonds is 7. The number of nitrogens with one attached hydrogen (secondary N) is 1. The van der Waals surface area contributed by atoms with Crippen LogP contribution in [0.3, 0.4) is 0 Å². The van der Waals surface area contributed by atoms with Crippen molar-refractivity contribution >= 4 is 29.3 Å². The van der Waals surface area contributed by atoms with Crippen molar-refractivity contribution in [2.75, 3.05) is 0 Å². The average Bonchev–Trinajstić information content (AvgIpc) is 2.72. The van der Waals surface area contributed by atoms with Gasteiger partial charge in [-0.25, -0.2) is 0 Å². The molecule has 0 saturated carbocycles. The van der Waals surface area contributed by atoms with E-state index < -0.39 is 0 Å². The lowest BCUT2D eigenvalue weighted by atomic mass is 10.0. The molecular weight excluding hydrogens is 386 g/mol. The smallest absolute Gasteiger partial charge is 0.251 e. The molecule has 0 spiro atoms. The van der Waals surface area contributed by atoms with E-state index >= 15 is 0 Å². The Labute approximate surface area is 176 Å². The standard InChI is InChI=1S/C24H24ClNOS/c1-3-23(19-8-4-17(2)5-9-19)26-24(27)20-10-6-18(7-11-20)16-28-22-14-12-21(25)13-15-22/h4-15,23H,3,16H2,1-2H3,(H,26,27)/t23-/m0/s1. The first-order valence-electron chi connectivity index (χ1n) is 9.40. The summed E-state index contributed by atoms with van der Waals surface area (Å²) in [5.41, 5.74) is 4.22. The van der Waals surface area contributed by atoms with E-state index in [-0.39, 0.29) is 11.9 Å². The van der Waals surface area contributed by atoms with Gasteiger partial charge in [0.15, 0.2) is 0 Å². The number of aryl methyl sites for hydroxylation is 1. The van der Waals surface area contributed by atoms with E-state index in [2.05, 4.69) is 43.4 Å². The highest BCUT2D eigenvalue weighted by Gasteiger charge is 2.14. The number of carbonyl (C=O) groups is 1. The summed E-state index contributed by atoms with van der Waals surface area (Å²) in [6.07, 6.45) is 0.852. The number of halogens is 1. The maximum absolute atomic E-state index is 12.6. The summed E-state index contributed by atoms with van der Waals surface area (Å²) in [6.45, 7) is 4.15. The molecule has 0 bridgehead atoms. The topological polar surface area (TPSA) is 29.1 Å². The molecule has 3 aromatic rings. The maximum Gasteiger partial charge on any atom is 0.251 e. The zero-order chi connectivity index (χ0) is 19.9. The van der Waals surface area contributed by atoms with E-state index in [0.29, 0.717) is 5.56 Å². The summed E-state index contributed by atoms with van der Waals surface area (Å²) in [5, 5.41) is 3.89. The highest BCUT2D eigenvalue weighted by molar-refractivity contribution is 7.98. The van der Waals surface area contributed by atoms with Gasteiger partial charge in [0, 0.05) is 21.2 Å². The van der Waals surface area contributed by atoms with Crippen LogP contribution in [0.1, 0.15) is 46.4 Å². The summed E-state index contributed by atoms with van der Waals surface area (Å²) >= 11 is 7.67. The normalized spacial score (nSPS) is 11.8. The van der Waals surface area contributed by atoms with Gasteiger partial charge in [0.05, 0.1) is 6.04 Å². The van der Waals surface area contributed by atoms with Gasteiger partial charge >= 0.3 is 0 Å². The minimum atomic E-state index is -0.0377. The third-order valence-corrected chi connectivity index (χ3v) is 5.96. The molecule has 0 aromatic heterocycles. The molecule has 2 nitrogen and oxygen atoms in total. The molecule has 1 amide bonds. The lowest BCUT2D eigenvalue weighted by Crippen LogP contribution is -2.28. The first kappa shape index (κ1) is 20.5. The molecule has 4 heteroatoms. The average molecular weight is 410 g/mol. The Morgan fingerprint density at radius 2 is 1.61 bits per heavy atom. The highest BCUT2D eigenvalue weighted by Crippen LogP contribution is 2.24. The third-order valence-electron chi connectivity index (χ3n) is 4.63. The van der Waals surface area contributed by atoms with E-state index in [1.54, 1.807) is 11.8 Å². The van der Waals surface area contributed by atoms with Crippen molar-refractivity contribution in [1.82, 2.24) is 5.32 Å². The molecule has 0 radical (unpaired) electrons. The minimum absolute atomic E-state index is 0.0215. The zero-order valence-electron chi connectivity index (χ0n) is 16.1. The molecule has 0 aliphatic heterocycles. The van der Waals surface area contributed by atoms with Crippen molar-refractivity contribution in [3.05, 3.63) is 100 Å². The Balaban J connectivity index is 1.59. The number of hydrogen-bond acceptors (Lipinski definition) is 2. The van der Waals surface area contributed by atoms with Gasteiger partial charge in [0.25, 0.3) is 5.91 Å². The van der Waals surface area contributed by atoms with Crippen LogP contribution in [0.5, 0.6) is 0 Å². The van der Waals surface area contributed by atoms with Crippen molar-refractivity contribution in [2.24, 2.45) is 0 Å². The van der Waals surface area contributed by atoms with E-state index in [1.165, 1.54) is 16.0 Å². The molecule has 3 rings (SSSR count). The molecule has 0 heterocycles. The molecule has 0 saturated heterocycles. The lowest BCUT2D eigenvalue weighted by Gasteiger charge is -2.18. The van der Waals surface area contributed by atoms with Crippen LogP contribution in [0.25, 0.3) is 0 Å². The molecule has 1 atom stereocenters. The van der Waals surface area contributed by atoms with Gasteiger partial charge in [-0.2, -0.15) is 0 Å². The molecule has 0 aliphatic carbocycles. The highest BCUT2D eigenvalue weighted by atomic mass is 35.5. The first-order chi connectivity index (χ1) is 13.5. The number of benzene rings is 3. The van der Waals surface area contributed by atoms with Gasteiger partial charge in [-0.05, 0) is 60.9 Å². The van der Waals surface area contributed by atoms with Crippen LogP contribution >= 0.6 is 23.4 Å². The van der Waals surface area contributed by atoms with E-state index in [0.717, 1.165) is 22.8 Å². The summed E-state index contributed by atoms with van der Waals surface area (Å²) in [6, 6.07) is 24.0. The lowest BCUT2D eigenvalue weighted by molar-refractivity contribution is 0.0935. The van der Waals surface area contributed by atoms with Crippen LogP contribution in [0, 0.1) is 6.92 Å². The van der Waals surface area contributed by atoms with Gasteiger partial charge in [-0.3, -0.25) is 4.79 Å². The Hall–Kier alpha value is -2.23. The summed E-state index contributed by atoms with van der Waals surface area (Å²) in [4.78, 5) is 13.8. The monoisotopic (exact) mass is 409 g/mol. The van der Waals surface area contributed by atoms with Gasteiger partial charge < -0.3 is 5.32 Å². The van der Waals surface area contributed by atoms with Crippen molar-refractivity contribution in [2.45, 2.75) is 37.0 Å². The molecular formula is C24H24ClNOS. The van der Waals surface area contributed by atoms with Crippen molar-refractivity contribution in [1.29, 1.82) is 0 Å². The molecule has 3 aromatic carbocycles. The minimum Gasteiger partial charge on any atom is -0.345 e. The summed E-state index contributed by atoms with van der Waals surface area (Å²) in [5.74, 6) is 0.814. The third kappa shape index (κ3) is 5.63.